The van der Waals surface area contributed by atoms with Crippen LogP contribution in [0, 0.1) is 5.82 Å². The van der Waals surface area contributed by atoms with Gasteiger partial charge in [0.25, 0.3) is 0 Å². The van der Waals surface area contributed by atoms with Crippen LogP contribution in [-0.4, -0.2) is 13.2 Å². The fourth-order valence-electron chi connectivity index (χ4n) is 2.50. The lowest BCUT2D eigenvalue weighted by atomic mass is 10.0. The van der Waals surface area contributed by atoms with Gasteiger partial charge in [0.2, 0.25) is 0 Å². The molecule has 25 heavy (non-hydrogen) atoms. The van der Waals surface area contributed by atoms with Crippen molar-refractivity contribution >= 4 is 5.69 Å². The smallest absolute Gasteiger partial charge is 0.127 e. The van der Waals surface area contributed by atoms with Crippen LogP contribution in [0.25, 0.3) is 11.1 Å². The van der Waals surface area contributed by atoms with Gasteiger partial charge < -0.3 is 15.2 Å². The zero-order valence-corrected chi connectivity index (χ0v) is 13.8. The predicted molar refractivity (Wildman–Crippen MR) is 97.8 cm³/mol. The van der Waals surface area contributed by atoms with E-state index in [9.17, 15) is 4.39 Å². The summed E-state index contributed by atoms with van der Waals surface area (Å²) in [6.45, 7) is 1.45. The Kier molecular flexibility index (Phi) is 5.65. The maximum absolute atomic E-state index is 13.1. The number of nitrogen functional groups attached to an aromatic ring is 1. The molecule has 0 radical (unpaired) electrons. The molecule has 0 fully saturated rings. The van der Waals surface area contributed by atoms with Crippen LogP contribution >= 0.6 is 0 Å². The molecule has 0 aliphatic carbocycles. The second-order valence-corrected chi connectivity index (χ2v) is 5.65. The monoisotopic (exact) mass is 337 g/mol. The molecule has 0 saturated heterocycles. The van der Waals surface area contributed by atoms with Crippen LogP contribution in [0.5, 0.6) is 5.75 Å². The Morgan fingerprint density at radius 1 is 0.840 bits per heavy atom. The molecular formula is C21H20FNO2. The molecule has 2 N–H and O–H groups in total. The molecule has 3 aromatic rings. The van der Waals surface area contributed by atoms with Gasteiger partial charge in [0.05, 0.1) is 13.2 Å². The number of anilines is 1. The molecule has 0 saturated carbocycles. The highest BCUT2D eigenvalue weighted by atomic mass is 19.1. The largest absolute Gasteiger partial charge is 0.491 e. The molecule has 3 rings (SSSR count). The Morgan fingerprint density at radius 2 is 1.60 bits per heavy atom. The lowest BCUT2D eigenvalue weighted by Gasteiger charge is -2.13. The molecule has 3 aromatic carbocycles. The van der Waals surface area contributed by atoms with Crippen molar-refractivity contribution in [3.63, 3.8) is 0 Å². The first-order valence-corrected chi connectivity index (χ1v) is 8.12. The third kappa shape index (κ3) is 4.81. The number of hydrogen-bond acceptors (Lipinski definition) is 3. The number of ether oxygens (including phenoxy) is 2. The van der Waals surface area contributed by atoms with Crippen molar-refractivity contribution in [2.24, 2.45) is 0 Å². The average molecular weight is 337 g/mol. The summed E-state index contributed by atoms with van der Waals surface area (Å²) in [7, 11) is 0. The fraction of sp³-hybridized carbons (Fsp3) is 0.143. The number of nitrogens with two attached hydrogens (primary N) is 1. The minimum Gasteiger partial charge on any atom is -0.491 e. The van der Waals surface area contributed by atoms with Crippen LogP contribution in [0.15, 0.2) is 72.8 Å². The molecule has 128 valence electrons. The summed E-state index contributed by atoms with van der Waals surface area (Å²) in [6, 6.07) is 21.7. The van der Waals surface area contributed by atoms with E-state index < -0.39 is 0 Å². The molecule has 0 spiro atoms. The summed E-state index contributed by atoms with van der Waals surface area (Å²) < 4.78 is 24.6. The molecule has 0 atom stereocenters. The summed E-state index contributed by atoms with van der Waals surface area (Å²) in [5.41, 5.74) is 9.33. The Balaban J connectivity index is 1.59. The minimum atomic E-state index is -0.274. The zero-order chi connectivity index (χ0) is 17.5. The van der Waals surface area contributed by atoms with Gasteiger partial charge in [0.1, 0.15) is 18.2 Å². The van der Waals surface area contributed by atoms with Crippen molar-refractivity contribution < 1.29 is 13.9 Å². The molecule has 0 aliphatic rings. The second-order valence-electron chi connectivity index (χ2n) is 5.65. The second kappa shape index (κ2) is 8.31. The average Bonchev–Trinajstić information content (AvgIpc) is 2.64. The number of rotatable bonds is 7. The molecule has 0 bridgehead atoms. The Hall–Kier alpha value is -2.85. The van der Waals surface area contributed by atoms with E-state index in [1.165, 1.54) is 12.1 Å². The first-order chi connectivity index (χ1) is 12.2. The molecule has 0 aromatic heterocycles. The topological polar surface area (TPSA) is 44.5 Å². The maximum Gasteiger partial charge on any atom is 0.127 e. The molecular weight excluding hydrogens is 317 g/mol. The summed E-state index contributed by atoms with van der Waals surface area (Å²) in [5, 5.41) is 0. The fourth-order valence-corrected chi connectivity index (χ4v) is 2.50. The van der Waals surface area contributed by atoms with Crippen LogP contribution in [0.1, 0.15) is 5.56 Å². The van der Waals surface area contributed by atoms with E-state index in [0.717, 1.165) is 16.7 Å². The van der Waals surface area contributed by atoms with E-state index in [1.807, 2.05) is 42.5 Å². The maximum atomic E-state index is 13.1. The molecule has 0 amide bonds. The van der Waals surface area contributed by atoms with Crippen LogP contribution < -0.4 is 10.5 Å². The highest BCUT2D eigenvalue weighted by Crippen LogP contribution is 2.32. The highest BCUT2D eigenvalue weighted by Gasteiger charge is 2.07. The lowest BCUT2D eigenvalue weighted by molar-refractivity contribution is 0.0891. The van der Waals surface area contributed by atoms with Crippen molar-refractivity contribution in [1.29, 1.82) is 0 Å². The van der Waals surface area contributed by atoms with E-state index >= 15 is 0 Å². The van der Waals surface area contributed by atoms with Gasteiger partial charge in [-0.15, -0.1) is 0 Å². The van der Waals surface area contributed by atoms with Crippen LogP contribution in [0.4, 0.5) is 10.1 Å². The predicted octanol–water partition coefficient (Wildman–Crippen LogP) is 4.67. The van der Waals surface area contributed by atoms with Gasteiger partial charge in [-0.05, 0) is 41.5 Å². The van der Waals surface area contributed by atoms with Gasteiger partial charge in [-0.3, -0.25) is 0 Å². The van der Waals surface area contributed by atoms with Gasteiger partial charge in [-0.25, -0.2) is 4.39 Å². The number of benzene rings is 3. The van der Waals surface area contributed by atoms with E-state index in [4.69, 9.17) is 15.2 Å². The molecule has 0 aliphatic heterocycles. The van der Waals surface area contributed by atoms with Crippen LogP contribution in [0.2, 0.25) is 0 Å². The van der Waals surface area contributed by atoms with E-state index in [2.05, 4.69) is 0 Å². The highest BCUT2D eigenvalue weighted by molar-refractivity contribution is 5.73. The van der Waals surface area contributed by atoms with Gasteiger partial charge in [0.15, 0.2) is 0 Å². The molecule has 0 heterocycles. The third-order valence-electron chi connectivity index (χ3n) is 3.76. The third-order valence-corrected chi connectivity index (χ3v) is 3.76. The van der Waals surface area contributed by atoms with Gasteiger partial charge in [-0.1, -0.05) is 42.5 Å². The van der Waals surface area contributed by atoms with Crippen molar-refractivity contribution in [2.45, 2.75) is 6.61 Å². The van der Waals surface area contributed by atoms with Crippen molar-refractivity contribution in [2.75, 3.05) is 18.9 Å². The van der Waals surface area contributed by atoms with Gasteiger partial charge in [-0.2, -0.15) is 0 Å². The first kappa shape index (κ1) is 17.0. The molecule has 4 heteroatoms. The lowest BCUT2D eigenvalue weighted by Crippen LogP contribution is -2.07. The summed E-state index contributed by atoms with van der Waals surface area (Å²) in [4.78, 5) is 0. The Labute approximate surface area is 146 Å². The summed E-state index contributed by atoms with van der Waals surface area (Å²) in [5.74, 6) is 0.425. The van der Waals surface area contributed by atoms with E-state index in [-0.39, 0.29) is 5.82 Å². The van der Waals surface area contributed by atoms with E-state index in [1.54, 1.807) is 18.2 Å². The van der Waals surface area contributed by atoms with Crippen molar-refractivity contribution in [3.8, 4) is 16.9 Å². The minimum absolute atomic E-state index is 0.274. The van der Waals surface area contributed by atoms with Crippen molar-refractivity contribution in [1.82, 2.24) is 0 Å². The zero-order valence-electron chi connectivity index (χ0n) is 13.8. The summed E-state index contributed by atoms with van der Waals surface area (Å²) in [6.07, 6.45) is 0. The Morgan fingerprint density at radius 3 is 2.36 bits per heavy atom. The first-order valence-electron chi connectivity index (χ1n) is 8.12. The van der Waals surface area contributed by atoms with E-state index in [0.29, 0.717) is 31.3 Å². The van der Waals surface area contributed by atoms with Gasteiger partial charge in [0, 0.05) is 11.3 Å². The molecule has 3 nitrogen and oxygen atoms in total. The van der Waals surface area contributed by atoms with Crippen molar-refractivity contribution in [3.05, 3.63) is 84.2 Å². The Bertz CT molecular complexity index is 804. The summed E-state index contributed by atoms with van der Waals surface area (Å²) >= 11 is 0. The van der Waals surface area contributed by atoms with Gasteiger partial charge >= 0.3 is 0 Å². The van der Waals surface area contributed by atoms with Crippen LogP contribution in [0.3, 0.4) is 0 Å². The standard InChI is InChI=1S/C21H20FNO2/c22-18-8-6-17(7-9-18)20-14-19(23)10-11-21(20)25-13-12-24-15-16-4-2-1-3-5-16/h1-11,14H,12-13,15,23H2. The van der Waals surface area contributed by atoms with Crippen LogP contribution in [-0.2, 0) is 11.3 Å². The number of hydrogen-bond donors (Lipinski definition) is 1. The SMILES string of the molecule is Nc1ccc(OCCOCc2ccccc2)c(-c2ccc(F)cc2)c1. The normalized spacial score (nSPS) is 10.6. The molecule has 0 unspecified atom stereocenters. The quantitative estimate of drug-likeness (QED) is 0.503. The number of halogens is 1.